The van der Waals surface area contributed by atoms with E-state index < -0.39 is 0 Å². The van der Waals surface area contributed by atoms with Gasteiger partial charge < -0.3 is 0 Å². The highest BCUT2D eigenvalue weighted by atomic mass is 28.2. The second-order valence-electron chi connectivity index (χ2n) is 6.40. The summed E-state index contributed by atoms with van der Waals surface area (Å²) in [5.74, 6) is 0. The lowest BCUT2D eigenvalue weighted by atomic mass is 10.0. The van der Waals surface area contributed by atoms with E-state index in [1.54, 1.807) is 10.8 Å². The van der Waals surface area contributed by atoms with Gasteiger partial charge in [-0.05, 0) is 46.2 Å². The molecule has 118 valence electrons. The van der Waals surface area contributed by atoms with Crippen molar-refractivity contribution in [2.75, 3.05) is 0 Å². The first-order chi connectivity index (χ1) is 11.8. The van der Waals surface area contributed by atoms with Crippen LogP contribution in [0.25, 0.3) is 11.1 Å². The van der Waals surface area contributed by atoms with Crippen molar-refractivity contribution < 1.29 is 0 Å². The summed E-state index contributed by atoms with van der Waals surface area (Å²) in [4.78, 5) is 0. The molecular formula is C23H22Si. The van der Waals surface area contributed by atoms with Crippen LogP contribution in [0.15, 0.2) is 66.7 Å². The smallest absolute Gasteiger partial charge is 0.0632 e. The fourth-order valence-electron chi connectivity index (χ4n) is 3.99. The molecular weight excluding hydrogens is 304 g/mol. The highest BCUT2D eigenvalue weighted by Crippen LogP contribution is 2.43. The average molecular weight is 327 g/mol. The Morgan fingerprint density at radius 2 is 1.33 bits per heavy atom. The van der Waals surface area contributed by atoms with Gasteiger partial charge in [0.1, 0.15) is 0 Å². The van der Waals surface area contributed by atoms with Gasteiger partial charge in [0.25, 0.3) is 0 Å². The lowest BCUT2D eigenvalue weighted by molar-refractivity contribution is 1.04. The molecule has 0 heterocycles. The molecule has 1 aliphatic rings. The lowest BCUT2D eigenvalue weighted by Gasteiger charge is -2.17. The van der Waals surface area contributed by atoms with Crippen LogP contribution in [0, 0.1) is 0 Å². The average Bonchev–Trinajstić information content (AvgIpc) is 2.96. The minimum Gasteiger partial charge on any atom is -0.0632 e. The molecule has 2 radical (unpaired) electrons. The van der Waals surface area contributed by atoms with Gasteiger partial charge in [-0.15, -0.1) is 0 Å². The molecule has 0 nitrogen and oxygen atoms in total. The third-order valence-corrected chi connectivity index (χ3v) is 6.83. The minimum atomic E-state index is 0.509. The van der Waals surface area contributed by atoms with Crippen LogP contribution >= 0.6 is 0 Å². The van der Waals surface area contributed by atoms with Crippen molar-refractivity contribution >= 4 is 14.7 Å². The van der Waals surface area contributed by atoms with Crippen LogP contribution in [-0.2, 0) is 12.8 Å². The quantitative estimate of drug-likeness (QED) is 0.598. The maximum absolute atomic E-state index is 2.35. The Balaban J connectivity index is 1.81. The summed E-state index contributed by atoms with van der Waals surface area (Å²) >= 11 is 0. The second-order valence-corrected chi connectivity index (χ2v) is 7.81. The third kappa shape index (κ3) is 2.44. The Morgan fingerprint density at radius 1 is 0.708 bits per heavy atom. The van der Waals surface area contributed by atoms with Gasteiger partial charge in [0.2, 0.25) is 0 Å². The van der Waals surface area contributed by atoms with E-state index in [1.807, 2.05) is 0 Å². The summed E-state index contributed by atoms with van der Waals surface area (Å²) in [5.41, 5.74) is 9.45. The molecule has 1 aliphatic carbocycles. The van der Waals surface area contributed by atoms with Gasteiger partial charge in [-0.25, -0.2) is 0 Å². The van der Waals surface area contributed by atoms with Crippen LogP contribution in [0.3, 0.4) is 0 Å². The first kappa shape index (κ1) is 15.4. The van der Waals surface area contributed by atoms with Crippen LogP contribution in [0.1, 0.15) is 41.6 Å². The van der Waals surface area contributed by atoms with Gasteiger partial charge in [0.05, 0.1) is 9.52 Å². The molecule has 0 saturated heterocycles. The molecule has 0 aliphatic heterocycles. The Labute approximate surface area is 147 Å². The lowest BCUT2D eigenvalue weighted by Crippen LogP contribution is -2.26. The summed E-state index contributed by atoms with van der Waals surface area (Å²) < 4.78 is 0. The molecule has 0 aromatic heterocycles. The van der Waals surface area contributed by atoms with Crippen LogP contribution in [0.5, 0.6) is 0 Å². The third-order valence-electron chi connectivity index (χ3n) is 5.14. The number of benzene rings is 3. The summed E-state index contributed by atoms with van der Waals surface area (Å²) in [6.45, 7) is 4.56. The van der Waals surface area contributed by atoms with E-state index in [1.165, 1.54) is 27.8 Å². The molecule has 24 heavy (non-hydrogen) atoms. The Kier molecular flexibility index (Phi) is 4.11. The fraction of sp³-hybridized carbons (Fsp3) is 0.217. The molecule has 0 saturated carbocycles. The van der Waals surface area contributed by atoms with E-state index in [2.05, 4.69) is 80.6 Å². The van der Waals surface area contributed by atoms with Crippen molar-refractivity contribution in [1.29, 1.82) is 0 Å². The highest BCUT2D eigenvalue weighted by Gasteiger charge is 2.29. The fourth-order valence-corrected chi connectivity index (χ4v) is 5.81. The van der Waals surface area contributed by atoms with E-state index in [4.69, 9.17) is 0 Å². The molecule has 0 fully saturated rings. The Bertz CT molecular complexity index is 833. The standard InChI is InChI=1S/C23H22Si/c1-3-16-10-9-15-22(17(16)4-2)24-23-20-13-7-5-11-18(20)19-12-6-8-14-21(19)23/h5-15,23H,3-4H2,1-2H3. The largest absolute Gasteiger partial charge is 0.0953 e. The van der Waals surface area contributed by atoms with Crippen molar-refractivity contribution in [1.82, 2.24) is 0 Å². The van der Waals surface area contributed by atoms with Crippen molar-refractivity contribution in [3.8, 4) is 11.1 Å². The molecule has 0 atom stereocenters. The van der Waals surface area contributed by atoms with E-state index >= 15 is 0 Å². The molecule has 0 unspecified atom stereocenters. The summed E-state index contributed by atoms with van der Waals surface area (Å²) in [5, 5.41) is 1.55. The maximum atomic E-state index is 2.35. The van der Waals surface area contributed by atoms with Crippen molar-refractivity contribution in [2.45, 2.75) is 32.2 Å². The zero-order valence-electron chi connectivity index (χ0n) is 14.3. The van der Waals surface area contributed by atoms with Crippen molar-refractivity contribution in [2.24, 2.45) is 0 Å². The van der Waals surface area contributed by atoms with Crippen molar-refractivity contribution in [3.05, 3.63) is 89.0 Å². The Morgan fingerprint density at radius 3 is 1.92 bits per heavy atom. The molecule has 3 aromatic carbocycles. The van der Waals surface area contributed by atoms with Gasteiger partial charge in [0, 0.05) is 5.54 Å². The molecule has 0 bridgehead atoms. The van der Waals surface area contributed by atoms with Gasteiger partial charge in [0.15, 0.2) is 0 Å². The van der Waals surface area contributed by atoms with Crippen LogP contribution < -0.4 is 5.19 Å². The zero-order valence-corrected chi connectivity index (χ0v) is 15.3. The Hall–Kier alpha value is -2.12. The SMILES string of the molecule is CCc1cccc([Si]C2c3ccccc3-c3ccccc32)c1CC. The van der Waals surface area contributed by atoms with Gasteiger partial charge in [-0.3, -0.25) is 0 Å². The highest BCUT2D eigenvalue weighted by molar-refractivity contribution is 6.57. The van der Waals surface area contributed by atoms with Crippen molar-refractivity contribution in [3.63, 3.8) is 0 Å². The second kappa shape index (κ2) is 6.41. The predicted molar refractivity (Wildman–Crippen MR) is 104 cm³/mol. The number of aryl methyl sites for hydroxylation is 1. The number of hydrogen-bond donors (Lipinski definition) is 0. The molecule has 4 rings (SSSR count). The van der Waals surface area contributed by atoms with E-state index in [-0.39, 0.29) is 0 Å². The van der Waals surface area contributed by atoms with Crippen LogP contribution in [0.4, 0.5) is 0 Å². The minimum absolute atomic E-state index is 0.509. The molecule has 0 N–H and O–H groups in total. The number of fused-ring (bicyclic) bond motifs is 3. The van der Waals surface area contributed by atoms with Crippen LogP contribution in [-0.4, -0.2) is 9.52 Å². The number of hydrogen-bond acceptors (Lipinski definition) is 0. The van der Waals surface area contributed by atoms with Crippen LogP contribution in [0.2, 0.25) is 0 Å². The van der Waals surface area contributed by atoms with Gasteiger partial charge in [-0.2, -0.15) is 0 Å². The normalized spacial score (nSPS) is 12.9. The first-order valence-corrected chi connectivity index (χ1v) is 9.96. The number of rotatable bonds is 4. The topological polar surface area (TPSA) is 0 Å². The van der Waals surface area contributed by atoms with E-state index in [9.17, 15) is 0 Å². The van der Waals surface area contributed by atoms with Gasteiger partial charge >= 0.3 is 0 Å². The van der Waals surface area contributed by atoms with E-state index in [0.717, 1.165) is 22.4 Å². The molecule has 0 amide bonds. The summed E-state index contributed by atoms with van der Waals surface area (Å²) in [6, 6.07) is 24.8. The molecule has 1 heteroatoms. The summed E-state index contributed by atoms with van der Waals surface area (Å²) in [7, 11) is 0.797. The van der Waals surface area contributed by atoms with E-state index in [0.29, 0.717) is 5.54 Å². The molecule has 0 spiro atoms. The monoisotopic (exact) mass is 326 g/mol. The van der Waals surface area contributed by atoms with Gasteiger partial charge in [-0.1, -0.05) is 85.8 Å². The maximum Gasteiger partial charge on any atom is 0.0953 e. The summed E-state index contributed by atoms with van der Waals surface area (Å²) in [6.07, 6.45) is 2.25. The zero-order chi connectivity index (χ0) is 16.5. The first-order valence-electron chi connectivity index (χ1n) is 8.89. The predicted octanol–water partition coefficient (Wildman–Crippen LogP) is 4.91. The molecule has 3 aromatic rings.